The van der Waals surface area contributed by atoms with E-state index >= 15 is 0 Å². The molecule has 1 fully saturated rings. The second-order valence-electron chi connectivity index (χ2n) is 8.72. The zero-order valence-corrected chi connectivity index (χ0v) is 19.5. The third-order valence-electron chi connectivity index (χ3n) is 6.23. The number of nitrogens with zero attached hydrogens (tertiary/aromatic N) is 3. The van der Waals surface area contributed by atoms with Crippen LogP contribution in [0.3, 0.4) is 0 Å². The molecule has 0 unspecified atom stereocenters. The molecule has 7 nitrogen and oxygen atoms in total. The van der Waals surface area contributed by atoms with Gasteiger partial charge in [0.15, 0.2) is 0 Å². The second kappa shape index (κ2) is 9.31. The third kappa shape index (κ3) is 4.75. The average Bonchev–Trinajstić information content (AvgIpc) is 3.30. The molecule has 33 heavy (non-hydrogen) atoms. The van der Waals surface area contributed by atoms with E-state index in [4.69, 9.17) is 5.73 Å². The van der Waals surface area contributed by atoms with Crippen molar-refractivity contribution < 1.29 is 4.79 Å². The fraction of sp³-hybridized carbons (Fsp3) is 0.320. The standard InChI is InChI=1S/C25H28N6OS/c1-16-11-18-3-2-4-22(18)24(23(16)19-7-8-20-9-10-28-31(20)15-19)29-25(32)30-33-21(12-26)14-27-13-17-5-6-17/h7-12,14-15,17H,2-6,13,26H2,1H3,(H2,29,30,32)/b21-12+,27-14?. The molecule has 4 N–H and O–H groups in total. The molecule has 0 aliphatic heterocycles. The summed E-state index contributed by atoms with van der Waals surface area (Å²) >= 11 is 1.17. The van der Waals surface area contributed by atoms with Crippen molar-refractivity contribution in [3.63, 3.8) is 0 Å². The number of anilines is 1. The average molecular weight is 461 g/mol. The SMILES string of the molecule is Cc1cc2c(c(NC(=O)NS/C(C=NCC3CC3)=C/N)c1-c1ccc3ccnn3c1)CCC2. The van der Waals surface area contributed by atoms with Gasteiger partial charge in [0.25, 0.3) is 0 Å². The van der Waals surface area contributed by atoms with Gasteiger partial charge in [0.1, 0.15) is 0 Å². The van der Waals surface area contributed by atoms with Gasteiger partial charge in [-0.1, -0.05) is 12.1 Å². The highest BCUT2D eigenvalue weighted by Gasteiger charge is 2.23. The molecule has 2 heterocycles. The quantitative estimate of drug-likeness (QED) is 0.347. The van der Waals surface area contributed by atoms with Crippen LogP contribution in [-0.2, 0) is 12.8 Å². The molecular weight excluding hydrogens is 432 g/mol. The van der Waals surface area contributed by atoms with Crippen LogP contribution in [0.2, 0.25) is 0 Å². The van der Waals surface area contributed by atoms with Crippen molar-refractivity contribution >= 4 is 35.4 Å². The number of pyridine rings is 1. The van der Waals surface area contributed by atoms with Crippen LogP contribution in [0.25, 0.3) is 16.6 Å². The van der Waals surface area contributed by atoms with Crippen LogP contribution in [-0.4, -0.2) is 28.4 Å². The third-order valence-corrected chi connectivity index (χ3v) is 6.99. The number of urea groups is 1. The van der Waals surface area contributed by atoms with Gasteiger partial charge in [0.2, 0.25) is 0 Å². The Hall–Kier alpha value is -3.26. The molecule has 2 aliphatic rings. The number of carbonyl (C=O) groups is 1. The molecule has 2 aliphatic carbocycles. The van der Waals surface area contributed by atoms with E-state index in [1.807, 2.05) is 22.8 Å². The number of aliphatic imine (C=N–C) groups is 1. The van der Waals surface area contributed by atoms with E-state index < -0.39 is 0 Å². The van der Waals surface area contributed by atoms with Crippen LogP contribution in [0.1, 0.15) is 36.0 Å². The normalized spacial score (nSPS) is 15.8. The lowest BCUT2D eigenvalue weighted by Gasteiger charge is -2.19. The van der Waals surface area contributed by atoms with Gasteiger partial charge in [-0.2, -0.15) is 5.10 Å². The molecule has 5 rings (SSSR count). The minimum atomic E-state index is -0.281. The van der Waals surface area contributed by atoms with Gasteiger partial charge in [0, 0.05) is 42.5 Å². The summed E-state index contributed by atoms with van der Waals surface area (Å²) in [6.45, 7) is 2.92. The second-order valence-corrected chi connectivity index (χ2v) is 9.60. The summed E-state index contributed by atoms with van der Waals surface area (Å²) in [6, 6.07) is 8.09. The number of allylic oxidation sites excluding steroid dienone is 1. The first-order chi connectivity index (χ1) is 16.1. The van der Waals surface area contributed by atoms with Gasteiger partial charge in [0.05, 0.1) is 16.1 Å². The predicted molar refractivity (Wildman–Crippen MR) is 135 cm³/mol. The van der Waals surface area contributed by atoms with Crippen LogP contribution in [0.4, 0.5) is 10.5 Å². The summed E-state index contributed by atoms with van der Waals surface area (Å²) in [7, 11) is 0. The molecular formula is C25H28N6OS. The van der Waals surface area contributed by atoms with Crippen molar-refractivity contribution in [3.8, 4) is 11.1 Å². The van der Waals surface area contributed by atoms with Crippen molar-refractivity contribution in [2.75, 3.05) is 11.9 Å². The maximum atomic E-state index is 12.9. The Labute approximate surface area is 197 Å². The maximum absolute atomic E-state index is 12.9. The number of hydrogen-bond donors (Lipinski definition) is 3. The highest BCUT2D eigenvalue weighted by molar-refractivity contribution is 8.02. The molecule has 0 radical (unpaired) electrons. The Balaban J connectivity index is 1.38. The molecule has 2 amide bonds. The van der Waals surface area contributed by atoms with Crippen molar-refractivity contribution in [3.05, 3.63) is 64.5 Å². The number of fused-ring (bicyclic) bond motifs is 2. The van der Waals surface area contributed by atoms with Crippen molar-refractivity contribution in [1.82, 2.24) is 14.3 Å². The van der Waals surface area contributed by atoms with Gasteiger partial charge in [-0.05, 0) is 85.7 Å². The molecule has 0 saturated heterocycles. The number of carbonyl (C=O) groups excluding carboxylic acids is 1. The van der Waals surface area contributed by atoms with Crippen molar-refractivity contribution in [2.24, 2.45) is 16.6 Å². The summed E-state index contributed by atoms with van der Waals surface area (Å²) in [4.78, 5) is 18.1. The van der Waals surface area contributed by atoms with Gasteiger partial charge >= 0.3 is 6.03 Å². The molecule has 3 aromatic rings. The van der Waals surface area contributed by atoms with E-state index in [1.165, 1.54) is 42.1 Å². The van der Waals surface area contributed by atoms with E-state index in [0.717, 1.165) is 53.7 Å². The number of aryl methyl sites for hydroxylation is 2. The largest absolute Gasteiger partial charge is 0.404 e. The number of nitrogens with one attached hydrogen (secondary N) is 2. The first-order valence-corrected chi connectivity index (χ1v) is 12.2. The summed E-state index contributed by atoms with van der Waals surface area (Å²) in [6.07, 6.45) is 12.6. The molecule has 1 aromatic carbocycles. The number of amides is 2. The molecule has 0 atom stereocenters. The lowest BCUT2D eigenvalue weighted by Crippen LogP contribution is -2.24. The van der Waals surface area contributed by atoms with Gasteiger partial charge in [-0.3, -0.25) is 9.71 Å². The Bertz CT molecular complexity index is 1260. The summed E-state index contributed by atoms with van der Waals surface area (Å²) in [5.74, 6) is 0.712. The Kier molecular flexibility index (Phi) is 6.09. The van der Waals surface area contributed by atoms with Crippen molar-refractivity contribution in [2.45, 2.75) is 39.0 Å². The smallest absolute Gasteiger partial charge is 0.329 e. The van der Waals surface area contributed by atoms with E-state index in [1.54, 1.807) is 12.4 Å². The lowest BCUT2D eigenvalue weighted by atomic mass is 9.93. The number of benzene rings is 1. The minimum Gasteiger partial charge on any atom is -0.404 e. The minimum absolute atomic E-state index is 0.281. The van der Waals surface area contributed by atoms with E-state index in [9.17, 15) is 4.79 Å². The van der Waals surface area contributed by atoms with Gasteiger partial charge in [-0.15, -0.1) is 0 Å². The molecule has 170 valence electrons. The Morgan fingerprint density at radius 3 is 3.03 bits per heavy atom. The zero-order chi connectivity index (χ0) is 22.8. The fourth-order valence-corrected chi connectivity index (χ4v) is 4.86. The van der Waals surface area contributed by atoms with Crippen LogP contribution >= 0.6 is 11.9 Å². The number of hydrogen-bond acceptors (Lipinski definition) is 5. The van der Waals surface area contributed by atoms with Crippen LogP contribution < -0.4 is 15.8 Å². The van der Waals surface area contributed by atoms with Gasteiger partial charge in [-0.25, -0.2) is 9.31 Å². The van der Waals surface area contributed by atoms with E-state index in [2.05, 4.69) is 39.2 Å². The molecule has 0 bridgehead atoms. The van der Waals surface area contributed by atoms with E-state index in [-0.39, 0.29) is 6.03 Å². The Morgan fingerprint density at radius 1 is 1.33 bits per heavy atom. The maximum Gasteiger partial charge on any atom is 0.329 e. The number of aromatic nitrogens is 2. The highest BCUT2D eigenvalue weighted by Crippen LogP contribution is 2.40. The summed E-state index contributed by atoms with van der Waals surface area (Å²) in [5, 5.41) is 7.52. The molecule has 0 spiro atoms. The topological polar surface area (TPSA) is 96.8 Å². The first-order valence-electron chi connectivity index (χ1n) is 11.4. The lowest BCUT2D eigenvalue weighted by molar-refractivity contribution is 0.257. The number of nitrogens with two attached hydrogens (primary N) is 1. The van der Waals surface area contributed by atoms with E-state index in [0.29, 0.717) is 10.8 Å². The van der Waals surface area contributed by atoms with Gasteiger partial charge < -0.3 is 11.1 Å². The Morgan fingerprint density at radius 2 is 2.21 bits per heavy atom. The summed E-state index contributed by atoms with van der Waals surface area (Å²) in [5.41, 5.74) is 13.4. The summed E-state index contributed by atoms with van der Waals surface area (Å²) < 4.78 is 4.72. The number of rotatable bonds is 7. The van der Waals surface area contributed by atoms with Crippen LogP contribution in [0, 0.1) is 12.8 Å². The fourth-order valence-electron chi connectivity index (χ4n) is 4.41. The predicted octanol–water partition coefficient (Wildman–Crippen LogP) is 4.85. The van der Waals surface area contributed by atoms with Crippen LogP contribution in [0.5, 0.6) is 0 Å². The van der Waals surface area contributed by atoms with Crippen molar-refractivity contribution in [1.29, 1.82) is 0 Å². The highest BCUT2D eigenvalue weighted by atomic mass is 32.2. The first kappa shape index (κ1) is 21.6. The van der Waals surface area contributed by atoms with Crippen LogP contribution in [0.15, 0.2) is 52.8 Å². The monoisotopic (exact) mass is 460 g/mol. The molecule has 2 aromatic heterocycles. The molecule has 8 heteroatoms. The molecule has 1 saturated carbocycles. The zero-order valence-electron chi connectivity index (χ0n) is 18.7.